The molecule has 1 heterocycles. The average Bonchev–Trinajstić information content (AvgIpc) is 2.66. The molecule has 0 spiro atoms. The molecule has 0 aliphatic carbocycles. The van der Waals surface area contributed by atoms with Crippen LogP contribution in [0.15, 0.2) is 23.1 Å². The van der Waals surface area contributed by atoms with Crippen LogP contribution in [0.5, 0.6) is 0 Å². The Balaban J connectivity index is 2.30. The van der Waals surface area contributed by atoms with Crippen molar-refractivity contribution in [3.8, 4) is 0 Å². The van der Waals surface area contributed by atoms with E-state index in [4.69, 9.17) is 10.7 Å². The van der Waals surface area contributed by atoms with E-state index in [0.717, 1.165) is 37.8 Å². The third-order valence-corrected chi connectivity index (χ3v) is 4.67. The van der Waals surface area contributed by atoms with E-state index >= 15 is 0 Å². The van der Waals surface area contributed by atoms with Crippen molar-refractivity contribution >= 4 is 25.6 Å². The van der Waals surface area contributed by atoms with Gasteiger partial charge in [-0.25, -0.2) is 12.8 Å². The van der Waals surface area contributed by atoms with Crippen LogP contribution in [0.2, 0.25) is 0 Å². The highest BCUT2D eigenvalue weighted by Crippen LogP contribution is 2.22. The zero-order valence-electron chi connectivity index (χ0n) is 10.8. The van der Waals surface area contributed by atoms with E-state index in [2.05, 4.69) is 0 Å². The van der Waals surface area contributed by atoms with Gasteiger partial charge in [-0.1, -0.05) is 12.8 Å². The average molecular weight is 320 g/mol. The zero-order valence-corrected chi connectivity index (χ0v) is 12.4. The highest BCUT2D eigenvalue weighted by Gasteiger charge is 2.22. The Morgan fingerprint density at radius 2 is 1.75 bits per heavy atom. The molecule has 0 saturated carbocycles. The minimum Gasteiger partial charge on any atom is -0.339 e. The van der Waals surface area contributed by atoms with Crippen molar-refractivity contribution in [3.63, 3.8) is 0 Å². The van der Waals surface area contributed by atoms with Crippen LogP contribution in [0, 0.1) is 5.82 Å². The molecule has 1 aromatic carbocycles. The molecule has 0 N–H and O–H groups in total. The van der Waals surface area contributed by atoms with Crippen molar-refractivity contribution < 1.29 is 17.6 Å². The predicted molar refractivity (Wildman–Crippen MR) is 73.8 cm³/mol. The van der Waals surface area contributed by atoms with Crippen LogP contribution in [0.3, 0.4) is 0 Å². The van der Waals surface area contributed by atoms with Crippen LogP contribution in [-0.2, 0) is 9.05 Å². The maximum atomic E-state index is 13.4. The van der Waals surface area contributed by atoms with Crippen molar-refractivity contribution in [1.82, 2.24) is 4.90 Å². The van der Waals surface area contributed by atoms with Gasteiger partial charge < -0.3 is 4.90 Å². The fourth-order valence-corrected chi connectivity index (χ4v) is 3.20. The second kappa shape index (κ2) is 6.10. The van der Waals surface area contributed by atoms with Crippen molar-refractivity contribution in [2.45, 2.75) is 30.6 Å². The third-order valence-electron chi connectivity index (χ3n) is 3.33. The number of halogens is 2. The molecule has 1 aliphatic rings. The molecular formula is C13H15ClFNO3S. The highest BCUT2D eigenvalue weighted by atomic mass is 35.7. The lowest BCUT2D eigenvalue weighted by Gasteiger charge is -2.20. The van der Waals surface area contributed by atoms with Gasteiger partial charge in [0.05, 0.1) is 0 Å². The standard InChI is InChI=1S/C13H15ClFNO3S/c14-20(18,19)12-9-10(5-6-11(12)15)13(17)16-7-3-1-2-4-8-16/h5-6,9H,1-4,7-8H2. The smallest absolute Gasteiger partial charge is 0.264 e. The molecule has 20 heavy (non-hydrogen) atoms. The first-order valence-corrected chi connectivity index (χ1v) is 8.74. The molecule has 0 bridgehead atoms. The Morgan fingerprint density at radius 3 is 2.30 bits per heavy atom. The molecule has 1 fully saturated rings. The molecule has 1 amide bonds. The Hall–Kier alpha value is -1.14. The van der Waals surface area contributed by atoms with Gasteiger partial charge in [-0.3, -0.25) is 4.79 Å². The summed E-state index contributed by atoms with van der Waals surface area (Å²) in [6.07, 6.45) is 4.00. The molecule has 110 valence electrons. The largest absolute Gasteiger partial charge is 0.339 e. The van der Waals surface area contributed by atoms with Gasteiger partial charge in [-0.05, 0) is 31.0 Å². The lowest BCUT2D eigenvalue weighted by molar-refractivity contribution is 0.0761. The fraction of sp³-hybridized carbons (Fsp3) is 0.462. The van der Waals surface area contributed by atoms with E-state index in [-0.39, 0.29) is 11.5 Å². The predicted octanol–water partition coefficient (Wildman–Crippen LogP) is 2.77. The maximum absolute atomic E-state index is 13.4. The molecule has 0 aromatic heterocycles. The number of carbonyl (C=O) groups excluding carboxylic acids is 1. The number of hydrogen-bond acceptors (Lipinski definition) is 3. The summed E-state index contributed by atoms with van der Waals surface area (Å²) in [6.45, 7) is 1.28. The quantitative estimate of drug-likeness (QED) is 0.788. The molecule has 4 nitrogen and oxygen atoms in total. The first-order chi connectivity index (χ1) is 9.39. The van der Waals surface area contributed by atoms with E-state index in [1.54, 1.807) is 4.90 Å². The Bertz CT molecular complexity index is 610. The summed E-state index contributed by atoms with van der Waals surface area (Å²) in [6, 6.07) is 3.25. The number of carbonyl (C=O) groups is 1. The van der Waals surface area contributed by atoms with Crippen LogP contribution < -0.4 is 0 Å². The molecule has 2 rings (SSSR count). The lowest BCUT2D eigenvalue weighted by atomic mass is 10.2. The summed E-state index contributed by atoms with van der Waals surface area (Å²) in [5.74, 6) is -1.24. The van der Waals surface area contributed by atoms with E-state index in [9.17, 15) is 17.6 Å². The summed E-state index contributed by atoms with van der Waals surface area (Å²) < 4.78 is 36.0. The molecule has 7 heteroatoms. The first kappa shape index (κ1) is 15.3. The number of hydrogen-bond donors (Lipinski definition) is 0. The van der Waals surface area contributed by atoms with E-state index in [0.29, 0.717) is 13.1 Å². The third kappa shape index (κ3) is 3.49. The van der Waals surface area contributed by atoms with Crippen LogP contribution in [0.1, 0.15) is 36.0 Å². The highest BCUT2D eigenvalue weighted by molar-refractivity contribution is 8.13. The van der Waals surface area contributed by atoms with E-state index < -0.39 is 19.8 Å². The normalized spacial score (nSPS) is 16.8. The first-order valence-electron chi connectivity index (χ1n) is 6.43. The second-order valence-corrected chi connectivity index (χ2v) is 7.32. The molecule has 1 aromatic rings. The van der Waals surface area contributed by atoms with Crippen LogP contribution in [0.4, 0.5) is 4.39 Å². The number of benzene rings is 1. The molecule has 0 unspecified atom stereocenters. The molecule has 0 radical (unpaired) electrons. The van der Waals surface area contributed by atoms with Crippen LogP contribution >= 0.6 is 10.7 Å². The minimum atomic E-state index is -4.20. The zero-order chi connectivity index (χ0) is 14.8. The topological polar surface area (TPSA) is 54.5 Å². The van der Waals surface area contributed by atoms with Crippen molar-refractivity contribution in [2.24, 2.45) is 0 Å². The van der Waals surface area contributed by atoms with Crippen LogP contribution in [-0.4, -0.2) is 32.3 Å². The Kier molecular flexibility index (Phi) is 4.65. The van der Waals surface area contributed by atoms with Gasteiger partial charge in [-0.2, -0.15) is 0 Å². The Morgan fingerprint density at radius 1 is 1.15 bits per heavy atom. The lowest BCUT2D eigenvalue weighted by Crippen LogP contribution is -2.31. The number of nitrogens with zero attached hydrogens (tertiary/aromatic N) is 1. The van der Waals surface area contributed by atoms with Gasteiger partial charge in [0.1, 0.15) is 10.7 Å². The van der Waals surface area contributed by atoms with Gasteiger partial charge in [0.2, 0.25) is 0 Å². The van der Waals surface area contributed by atoms with Crippen molar-refractivity contribution in [3.05, 3.63) is 29.6 Å². The SMILES string of the molecule is O=C(c1ccc(F)c(S(=O)(=O)Cl)c1)N1CCCCCC1. The van der Waals surface area contributed by atoms with Crippen LogP contribution in [0.25, 0.3) is 0 Å². The molecule has 0 atom stereocenters. The second-order valence-electron chi connectivity index (χ2n) is 4.79. The molecule has 1 saturated heterocycles. The number of amides is 1. The van der Waals surface area contributed by atoms with Gasteiger partial charge in [0, 0.05) is 29.3 Å². The Labute approximate surface area is 121 Å². The summed E-state index contributed by atoms with van der Waals surface area (Å²) in [7, 11) is 0.959. The van der Waals surface area contributed by atoms with Crippen molar-refractivity contribution in [2.75, 3.05) is 13.1 Å². The maximum Gasteiger partial charge on any atom is 0.264 e. The summed E-state index contributed by atoms with van der Waals surface area (Å²) in [4.78, 5) is 13.3. The molecule has 1 aliphatic heterocycles. The van der Waals surface area contributed by atoms with Gasteiger partial charge in [0.25, 0.3) is 15.0 Å². The monoisotopic (exact) mass is 319 g/mol. The van der Waals surface area contributed by atoms with Gasteiger partial charge >= 0.3 is 0 Å². The summed E-state index contributed by atoms with van der Waals surface area (Å²) >= 11 is 0. The summed E-state index contributed by atoms with van der Waals surface area (Å²) in [5, 5.41) is 0. The van der Waals surface area contributed by atoms with Gasteiger partial charge in [0.15, 0.2) is 0 Å². The molecular weight excluding hydrogens is 305 g/mol. The van der Waals surface area contributed by atoms with E-state index in [1.807, 2.05) is 0 Å². The summed E-state index contributed by atoms with van der Waals surface area (Å²) in [5.41, 5.74) is 0.146. The van der Waals surface area contributed by atoms with E-state index in [1.165, 1.54) is 6.07 Å². The minimum absolute atomic E-state index is 0.146. The number of rotatable bonds is 2. The fourth-order valence-electron chi connectivity index (χ4n) is 2.28. The van der Waals surface area contributed by atoms with Gasteiger partial charge in [-0.15, -0.1) is 0 Å². The van der Waals surface area contributed by atoms with Crippen molar-refractivity contribution in [1.29, 1.82) is 0 Å². The number of likely N-dealkylation sites (tertiary alicyclic amines) is 1.